The molecule has 2 aromatic carbocycles. The van der Waals surface area contributed by atoms with E-state index in [0.29, 0.717) is 12.1 Å². The van der Waals surface area contributed by atoms with Crippen molar-refractivity contribution in [3.05, 3.63) is 59.2 Å². The predicted molar refractivity (Wildman–Crippen MR) is 80.7 cm³/mol. The monoisotopic (exact) mass is 270 g/mol. The minimum absolute atomic E-state index is 0.340. The lowest BCUT2D eigenvalue weighted by atomic mass is 10.1. The second kappa shape index (κ2) is 6.10. The van der Waals surface area contributed by atoms with Crippen LogP contribution in [0.15, 0.2) is 42.5 Å². The second-order valence-electron chi connectivity index (χ2n) is 4.57. The van der Waals surface area contributed by atoms with Gasteiger partial charge in [-0.1, -0.05) is 24.3 Å². The van der Waals surface area contributed by atoms with Crippen molar-refractivity contribution in [1.82, 2.24) is 0 Å². The molecule has 0 saturated carbocycles. The van der Waals surface area contributed by atoms with Gasteiger partial charge in [-0.25, -0.2) is 4.79 Å². The lowest BCUT2D eigenvalue weighted by Crippen LogP contribution is -2.06. The molecule has 0 aliphatic heterocycles. The van der Waals surface area contributed by atoms with E-state index in [9.17, 15) is 4.79 Å². The molecule has 4 heteroatoms. The van der Waals surface area contributed by atoms with Gasteiger partial charge in [0.15, 0.2) is 0 Å². The number of nitrogens with two attached hydrogens (primary N) is 1. The number of benzene rings is 2. The Hall–Kier alpha value is -2.49. The number of esters is 1. The third-order valence-corrected chi connectivity index (χ3v) is 3.18. The van der Waals surface area contributed by atoms with Crippen LogP contribution in [0.5, 0.6) is 0 Å². The molecular weight excluding hydrogens is 252 g/mol. The third-order valence-electron chi connectivity index (χ3n) is 3.18. The minimum Gasteiger partial charge on any atom is -0.465 e. The maximum absolute atomic E-state index is 11.5. The summed E-state index contributed by atoms with van der Waals surface area (Å²) in [7, 11) is 1.37. The largest absolute Gasteiger partial charge is 0.465 e. The fourth-order valence-corrected chi connectivity index (χ4v) is 1.94. The van der Waals surface area contributed by atoms with E-state index in [2.05, 4.69) is 5.32 Å². The summed E-state index contributed by atoms with van der Waals surface area (Å²) in [5, 5.41) is 3.30. The van der Waals surface area contributed by atoms with E-state index in [1.54, 1.807) is 12.1 Å². The van der Waals surface area contributed by atoms with Crippen LogP contribution < -0.4 is 11.1 Å². The highest BCUT2D eigenvalue weighted by Gasteiger charge is 2.08. The Morgan fingerprint density at radius 3 is 2.70 bits per heavy atom. The number of nitrogens with one attached hydrogen (secondary N) is 1. The van der Waals surface area contributed by atoms with Crippen molar-refractivity contribution in [3.8, 4) is 0 Å². The Morgan fingerprint density at radius 2 is 2.00 bits per heavy atom. The van der Waals surface area contributed by atoms with Crippen LogP contribution in [0.4, 0.5) is 11.4 Å². The zero-order valence-electron chi connectivity index (χ0n) is 11.6. The first-order chi connectivity index (χ1) is 9.61. The number of anilines is 2. The van der Waals surface area contributed by atoms with E-state index < -0.39 is 0 Å². The van der Waals surface area contributed by atoms with Crippen LogP contribution in [0.1, 0.15) is 21.5 Å². The molecule has 0 radical (unpaired) electrons. The number of rotatable bonds is 4. The molecule has 104 valence electrons. The average molecular weight is 270 g/mol. The van der Waals surface area contributed by atoms with Gasteiger partial charge in [0.05, 0.1) is 12.7 Å². The van der Waals surface area contributed by atoms with Crippen LogP contribution >= 0.6 is 0 Å². The molecule has 3 N–H and O–H groups in total. The van der Waals surface area contributed by atoms with Gasteiger partial charge < -0.3 is 15.8 Å². The maximum atomic E-state index is 11.5. The number of para-hydroxylation sites is 1. The molecule has 0 aromatic heterocycles. The standard InChI is InChI=1S/C16H18N2O2/c1-11-7-8-12(16(19)20-2)9-15(11)18-10-13-5-3-4-6-14(13)17/h3-9,18H,10,17H2,1-2H3. The highest BCUT2D eigenvalue weighted by atomic mass is 16.5. The van der Waals surface area contributed by atoms with Crippen molar-refractivity contribution >= 4 is 17.3 Å². The van der Waals surface area contributed by atoms with E-state index >= 15 is 0 Å². The van der Waals surface area contributed by atoms with Crippen molar-refractivity contribution in [2.24, 2.45) is 0 Å². The first kappa shape index (κ1) is 13.9. The highest BCUT2D eigenvalue weighted by molar-refractivity contribution is 5.90. The Bertz CT molecular complexity index is 624. The van der Waals surface area contributed by atoms with Gasteiger partial charge in [-0.15, -0.1) is 0 Å². The fourth-order valence-electron chi connectivity index (χ4n) is 1.94. The molecule has 2 rings (SSSR count). The molecule has 0 aliphatic rings. The van der Waals surface area contributed by atoms with Gasteiger partial charge in [-0.05, 0) is 36.2 Å². The van der Waals surface area contributed by atoms with Crippen molar-refractivity contribution in [3.63, 3.8) is 0 Å². The highest BCUT2D eigenvalue weighted by Crippen LogP contribution is 2.20. The van der Waals surface area contributed by atoms with E-state index in [0.717, 1.165) is 22.5 Å². The van der Waals surface area contributed by atoms with Gasteiger partial charge in [-0.3, -0.25) is 0 Å². The van der Waals surface area contributed by atoms with E-state index in [-0.39, 0.29) is 5.97 Å². The Morgan fingerprint density at radius 1 is 1.25 bits per heavy atom. The zero-order chi connectivity index (χ0) is 14.5. The van der Waals surface area contributed by atoms with Crippen LogP contribution in [0, 0.1) is 6.92 Å². The van der Waals surface area contributed by atoms with Gasteiger partial charge in [0.1, 0.15) is 0 Å². The molecule has 0 atom stereocenters. The van der Waals surface area contributed by atoms with Crippen molar-refractivity contribution < 1.29 is 9.53 Å². The number of methoxy groups -OCH3 is 1. The average Bonchev–Trinajstić information content (AvgIpc) is 2.47. The summed E-state index contributed by atoms with van der Waals surface area (Å²) in [6, 6.07) is 13.1. The molecule has 0 spiro atoms. The normalized spacial score (nSPS) is 10.1. The molecule has 0 amide bonds. The summed E-state index contributed by atoms with van der Waals surface area (Å²) in [5.74, 6) is -0.340. The fraction of sp³-hybridized carbons (Fsp3) is 0.188. The van der Waals surface area contributed by atoms with E-state index in [1.807, 2.05) is 37.3 Å². The van der Waals surface area contributed by atoms with Gasteiger partial charge in [0, 0.05) is 17.9 Å². The van der Waals surface area contributed by atoms with Gasteiger partial charge in [0.2, 0.25) is 0 Å². The first-order valence-corrected chi connectivity index (χ1v) is 6.38. The Balaban J connectivity index is 2.17. The lowest BCUT2D eigenvalue weighted by molar-refractivity contribution is 0.0601. The molecular formula is C16H18N2O2. The Labute approximate surface area is 118 Å². The topological polar surface area (TPSA) is 64.3 Å². The summed E-state index contributed by atoms with van der Waals surface area (Å²) in [4.78, 5) is 11.5. The number of aryl methyl sites for hydroxylation is 1. The number of carbonyl (C=O) groups excluding carboxylic acids is 1. The third kappa shape index (κ3) is 3.09. The summed E-state index contributed by atoms with van der Waals surface area (Å²) >= 11 is 0. The first-order valence-electron chi connectivity index (χ1n) is 6.38. The van der Waals surface area contributed by atoms with Crippen LogP contribution in [0.2, 0.25) is 0 Å². The zero-order valence-corrected chi connectivity index (χ0v) is 11.6. The molecule has 0 heterocycles. The quantitative estimate of drug-likeness (QED) is 0.662. The minimum atomic E-state index is -0.340. The molecule has 0 bridgehead atoms. The van der Waals surface area contributed by atoms with Crippen molar-refractivity contribution in [2.75, 3.05) is 18.2 Å². The Kier molecular flexibility index (Phi) is 4.25. The van der Waals surface area contributed by atoms with Crippen molar-refractivity contribution in [2.45, 2.75) is 13.5 Å². The van der Waals surface area contributed by atoms with E-state index in [1.165, 1.54) is 7.11 Å². The van der Waals surface area contributed by atoms with Crippen LogP contribution in [0.25, 0.3) is 0 Å². The van der Waals surface area contributed by atoms with E-state index in [4.69, 9.17) is 10.5 Å². The molecule has 0 fully saturated rings. The van der Waals surface area contributed by atoms with Crippen LogP contribution in [-0.2, 0) is 11.3 Å². The van der Waals surface area contributed by atoms with Gasteiger partial charge in [-0.2, -0.15) is 0 Å². The molecule has 20 heavy (non-hydrogen) atoms. The number of hydrogen-bond acceptors (Lipinski definition) is 4. The SMILES string of the molecule is COC(=O)c1ccc(C)c(NCc2ccccc2N)c1. The summed E-state index contributed by atoms with van der Waals surface area (Å²) in [5.41, 5.74) is 10.2. The van der Waals surface area contributed by atoms with Crippen molar-refractivity contribution in [1.29, 1.82) is 0 Å². The number of carbonyl (C=O) groups is 1. The summed E-state index contributed by atoms with van der Waals surface area (Å²) < 4.78 is 4.73. The summed E-state index contributed by atoms with van der Waals surface area (Å²) in [6.45, 7) is 2.59. The maximum Gasteiger partial charge on any atom is 0.337 e. The predicted octanol–water partition coefficient (Wildman–Crippen LogP) is 2.98. The number of ether oxygens (including phenoxy) is 1. The van der Waals surface area contributed by atoms with Crippen LogP contribution in [0.3, 0.4) is 0 Å². The molecule has 0 unspecified atom stereocenters. The molecule has 2 aromatic rings. The number of hydrogen-bond donors (Lipinski definition) is 2. The number of nitrogen functional groups attached to an aromatic ring is 1. The molecule has 0 saturated heterocycles. The van der Waals surface area contributed by atoms with Gasteiger partial charge in [0.25, 0.3) is 0 Å². The lowest BCUT2D eigenvalue weighted by Gasteiger charge is -2.12. The summed E-state index contributed by atoms with van der Waals surface area (Å²) in [6.07, 6.45) is 0. The molecule has 0 aliphatic carbocycles. The van der Waals surface area contributed by atoms with Gasteiger partial charge >= 0.3 is 5.97 Å². The molecule has 4 nitrogen and oxygen atoms in total. The smallest absolute Gasteiger partial charge is 0.337 e. The second-order valence-corrected chi connectivity index (χ2v) is 4.57. The van der Waals surface area contributed by atoms with Crippen LogP contribution in [-0.4, -0.2) is 13.1 Å².